The third-order valence-corrected chi connectivity index (χ3v) is 5.70. The summed E-state index contributed by atoms with van der Waals surface area (Å²) in [4.78, 5) is 4.16. The minimum Gasteiger partial charge on any atom is -0.493 e. The second kappa shape index (κ2) is 9.55. The molecule has 8 heteroatoms. The number of halogens is 2. The summed E-state index contributed by atoms with van der Waals surface area (Å²) in [5.41, 5.74) is 0.219. The maximum atomic E-state index is 13.4. The van der Waals surface area contributed by atoms with Crippen molar-refractivity contribution >= 4 is 0 Å². The summed E-state index contributed by atoms with van der Waals surface area (Å²) in [6.07, 6.45) is 0.405. The summed E-state index contributed by atoms with van der Waals surface area (Å²) < 4.78 is 42.8. The minimum atomic E-state index is -2.56. The number of aliphatic hydroxyl groups is 1. The number of methoxy groups -OCH3 is 2. The van der Waals surface area contributed by atoms with Gasteiger partial charge in [-0.25, -0.2) is 8.78 Å². The van der Waals surface area contributed by atoms with Crippen LogP contribution in [0.3, 0.4) is 0 Å². The smallest absolute Gasteiger partial charge is 0.250 e. The summed E-state index contributed by atoms with van der Waals surface area (Å²) in [5, 5.41) is 11.0. The zero-order valence-electron chi connectivity index (χ0n) is 17.3. The highest BCUT2D eigenvalue weighted by atomic mass is 19.3. The molecule has 0 aliphatic carbocycles. The first-order valence-corrected chi connectivity index (χ1v) is 10.2. The van der Waals surface area contributed by atoms with Crippen LogP contribution in [0.5, 0.6) is 11.5 Å². The van der Waals surface area contributed by atoms with Gasteiger partial charge in [-0.05, 0) is 24.1 Å². The number of ether oxygens (including phenoxy) is 3. The topological polar surface area (TPSA) is 54.4 Å². The molecule has 0 bridgehead atoms. The lowest BCUT2D eigenvalue weighted by atomic mass is 10.00. The zero-order valence-corrected chi connectivity index (χ0v) is 17.3. The molecular formula is C21H32F2N2O4. The van der Waals surface area contributed by atoms with E-state index in [0.717, 1.165) is 12.1 Å². The van der Waals surface area contributed by atoms with E-state index in [2.05, 4.69) is 4.90 Å². The van der Waals surface area contributed by atoms with Crippen LogP contribution in [0.2, 0.25) is 0 Å². The van der Waals surface area contributed by atoms with Crippen LogP contribution in [-0.2, 0) is 11.3 Å². The van der Waals surface area contributed by atoms with Crippen LogP contribution >= 0.6 is 0 Å². The van der Waals surface area contributed by atoms with E-state index in [1.54, 1.807) is 14.2 Å². The maximum Gasteiger partial charge on any atom is 0.250 e. The lowest BCUT2D eigenvalue weighted by molar-refractivity contribution is -0.0724. The molecular weight excluding hydrogens is 382 g/mol. The number of benzene rings is 1. The van der Waals surface area contributed by atoms with Gasteiger partial charge in [0.15, 0.2) is 11.5 Å². The fourth-order valence-corrected chi connectivity index (χ4v) is 4.08. The van der Waals surface area contributed by atoms with E-state index in [1.165, 1.54) is 0 Å². The number of hydrogen-bond acceptors (Lipinski definition) is 6. The second-order valence-electron chi connectivity index (χ2n) is 8.14. The van der Waals surface area contributed by atoms with Gasteiger partial charge in [0.2, 0.25) is 0 Å². The Morgan fingerprint density at radius 2 is 1.72 bits per heavy atom. The monoisotopic (exact) mass is 414 g/mol. The van der Waals surface area contributed by atoms with Crippen LogP contribution in [0.1, 0.15) is 24.8 Å². The molecule has 1 N–H and O–H groups in total. The second-order valence-corrected chi connectivity index (χ2v) is 8.14. The summed E-state index contributed by atoms with van der Waals surface area (Å²) >= 11 is 0. The highest BCUT2D eigenvalue weighted by Crippen LogP contribution is 2.32. The van der Waals surface area contributed by atoms with Gasteiger partial charge in [-0.2, -0.15) is 0 Å². The van der Waals surface area contributed by atoms with E-state index >= 15 is 0 Å². The normalized spacial score (nSPS) is 25.3. The number of piperidine rings is 1. The molecule has 2 aliphatic rings. The first-order chi connectivity index (χ1) is 13.8. The lowest BCUT2D eigenvalue weighted by Crippen LogP contribution is -2.49. The van der Waals surface area contributed by atoms with Gasteiger partial charge in [-0.1, -0.05) is 6.07 Å². The molecule has 0 unspecified atom stereocenters. The molecule has 2 fully saturated rings. The standard InChI is InChI=1S/C21H32F2N2O4/c1-27-11-12-29-19-13-17(3-4-18(19)28-2)14-25-8-5-20(26,16-25)15-24-9-6-21(22,23)7-10-24/h3-4,13,26H,5-12,14-16H2,1-2H3/t20-/m0/s1. The maximum absolute atomic E-state index is 13.4. The van der Waals surface area contributed by atoms with E-state index in [4.69, 9.17) is 14.2 Å². The van der Waals surface area contributed by atoms with E-state index in [-0.39, 0.29) is 12.8 Å². The van der Waals surface area contributed by atoms with Gasteiger partial charge in [-0.15, -0.1) is 0 Å². The van der Waals surface area contributed by atoms with Crippen molar-refractivity contribution in [2.24, 2.45) is 0 Å². The first kappa shape index (κ1) is 22.2. The molecule has 2 aliphatic heterocycles. The van der Waals surface area contributed by atoms with Gasteiger partial charge in [0.25, 0.3) is 5.92 Å². The number of nitrogens with zero attached hydrogens (tertiary/aromatic N) is 2. The van der Waals surface area contributed by atoms with E-state index in [1.807, 2.05) is 23.1 Å². The predicted molar refractivity (Wildman–Crippen MR) is 106 cm³/mol. The fraction of sp³-hybridized carbons (Fsp3) is 0.714. The van der Waals surface area contributed by atoms with Gasteiger partial charge in [-0.3, -0.25) is 9.80 Å². The van der Waals surface area contributed by atoms with Crippen molar-refractivity contribution in [1.82, 2.24) is 9.80 Å². The fourth-order valence-electron chi connectivity index (χ4n) is 4.08. The van der Waals surface area contributed by atoms with Crippen LogP contribution in [-0.4, -0.2) is 86.6 Å². The lowest BCUT2D eigenvalue weighted by Gasteiger charge is -2.36. The van der Waals surface area contributed by atoms with E-state index in [9.17, 15) is 13.9 Å². The van der Waals surface area contributed by atoms with Gasteiger partial charge >= 0.3 is 0 Å². The molecule has 164 valence electrons. The average molecular weight is 414 g/mol. The molecule has 0 amide bonds. The van der Waals surface area contributed by atoms with Gasteiger partial charge < -0.3 is 19.3 Å². The van der Waals surface area contributed by atoms with Crippen LogP contribution in [0.4, 0.5) is 8.78 Å². The molecule has 2 heterocycles. The van der Waals surface area contributed by atoms with Crippen molar-refractivity contribution in [3.63, 3.8) is 0 Å². The number of likely N-dealkylation sites (tertiary alicyclic amines) is 2. The van der Waals surface area contributed by atoms with Crippen molar-refractivity contribution in [1.29, 1.82) is 0 Å². The summed E-state index contributed by atoms with van der Waals surface area (Å²) in [7, 11) is 3.23. The van der Waals surface area contributed by atoms with Crippen molar-refractivity contribution in [3.8, 4) is 11.5 Å². The molecule has 2 saturated heterocycles. The highest BCUT2D eigenvalue weighted by molar-refractivity contribution is 5.43. The van der Waals surface area contributed by atoms with Crippen LogP contribution in [0.25, 0.3) is 0 Å². The Balaban J connectivity index is 1.54. The molecule has 1 aromatic rings. The third kappa shape index (κ3) is 6.25. The number of alkyl halides is 2. The molecule has 0 saturated carbocycles. The highest BCUT2D eigenvalue weighted by Gasteiger charge is 2.40. The van der Waals surface area contributed by atoms with E-state index < -0.39 is 11.5 Å². The largest absolute Gasteiger partial charge is 0.493 e. The molecule has 6 nitrogen and oxygen atoms in total. The minimum absolute atomic E-state index is 0.121. The van der Waals surface area contributed by atoms with Gasteiger partial charge in [0.1, 0.15) is 6.61 Å². The Bertz CT molecular complexity index is 666. The summed E-state index contributed by atoms with van der Waals surface area (Å²) in [6, 6.07) is 5.83. The molecule has 1 aromatic carbocycles. The zero-order chi connectivity index (χ0) is 20.9. The molecule has 0 radical (unpaired) electrons. The Labute approximate surface area is 171 Å². The molecule has 1 atom stereocenters. The Kier molecular flexibility index (Phi) is 7.32. The predicted octanol–water partition coefficient (Wildman–Crippen LogP) is 2.39. The van der Waals surface area contributed by atoms with Gasteiger partial charge in [0.05, 0.1) is 19.3 Å². The van der Waals surface area contributed by atoms with Crippen LogP contribution < -0.4 is 9.47 Å². The van der Waals surface area contributed by atoms with Crippen molar-refractivity contribution in [2.75, 3.05) is 60.2 Å². The number of hydrogen-bond donors (Lipinski definition) is 1. The van der Waals surface area contributed by atoms with E-state index in [0.29, 0.717) is 63.9 Å². The number of β-amino-alcohol motifs (C(OH)–C–C–N with tert-alkyl or cyclic N) is 1. The Morgan fingerprint density at radius 3 is 2.41 bits per heavy atom. The van der Waals surface area contributed by atoms with Crippen molar-refractivity contribution in [3.05, 3.63) is 23.8 Å². The first-order valence-electron chi connectivity index (χ1n) is 10.2. The molecule has 0 aromatic heterocycles. The van der Waals surface area contributed by atoms with Crippen molar-refractivity contribution < 1.29 is 28.1 Å². The SMILES string of the molecule is COCCOc1cc(CN2CC[C@](O)(CN3CCC(F)(F)CC3)C2)ccc1OC. The van der Waals surface area contributed by atoms with Gasteiger partial charge in [0, 0.05) is 59.2 Å². The van der Waals surface area contributed by atoms with Crippen LogP contribution in [0, 0.1) is 0 Å². The quantitative estimate of drug-likeness (QED) is 0.627. The Hall–Kier alpha value is -1.48. The Morgan fingerprint density at radius 1 is 1.00 bits per heavy atom. The van der Waals surface area contributed by atoms with Crippen LogP contribution in [0.15, 0.2) is 18.2 Å². The molecule has 0 spiro atoms. The number of rotatable bonds is 9. The summed E-state index contributed by atoms with van der Waals surface area (Å²) in [6.45, 7) is 4.06. The molecule has 3 rings (SSSR count). The third-order valence-electron chi connectivity index (χ3n) is 5.70. The summed E-state index contributed by atoms with van der Waals surface area (Å²) in [5.74, 6) is -1.21. The van der Waals surface area contributed by atoms with Crippen molar-refractivity contribution in [2.45, 2.75) is 37.3 Å². The average Bonchev–Trinajstić information content (AvgIpc) is 3.04. The molecule has 29 heavy (non-hydrogen) atoms.